The van der Waals surface area contributed by atoms with Crippen molar-refractivity contribution in [1.29, 1.82) is 0 Å². The number of nitrogens with two attached hydrogens (primary N) is 1. The molecule has 1 aromatic rings. The monoisotopic (exact) mass is 284 g/mol. The second kappa shape index (κ2) is 6.92. The lowest BCUT2D eigenvalue weighted by atomic mass is 9.94. The average molecular weight is 285 g/mol. The minimum absolute atomic E-state index is 0.365. The molecule has 3 heteroatoms. The zero-order valence-electron chi connectivity index (χ0n) is 10.0. The third kappa shape index (κ3) is 3.80. The zero-order chi connectivity index (χ0) is 12.0. The molecule has 0 aliphatic rings. The van der Waals surface area contributed by atoms with Crippen LogP contribution in [0.1, 0.15) is 26.7 Å². The van der Waals surface area contributed by atoms with Gasteiger partial charge in [-0.3, -0.25) is 0 Å². The first-order chi connectivity index (χ1) is 7.71. The second-order valence-electron chi connectivity index (χ2n) is 4.07. The molecule has 16 heavy (non-hydrogen) atoms. The fourth-order valence-electron chi connectivity index (χ4n) is 2.02. The molecule has 0 aliphatic heterocycles. The maximum atomic E-state index is 5.84. The number of anilines is 1. The fraction of sp³-hybridized carbons (Fsp3) is 0.538. The van der Waals surface area contributed by atoms with E-state index in [-0.39, 0.29) is 0 Å². The minimum Gasteiger partial charge on any atom is -0.381 e. The maximum Gasteiger partial charge on any atom is 0.0411 e. The molecule has 0 heterocycles. The van der Waals surface area contributed by atoms with Crippen molar-refractivity contribution >= 4 is 21.6 Å². The van der Waals surface area contributed by atoms with Gasteiger partial charge in [0.05, 0.1) is 0 Å². The Bertz CT molecular complexity index is 311. The predicted molar refractivity (Wildman–Crippen MR) is 74.7 cm³/mol. The van der Waals surface area contributed by atoms with Crippen LogP contribution in [0, 0.1) is 5.92 Å². The molecule has 0 aromatic heterocycles. The van der Waals surface area contributed by atoms with Crippen molar-refractivity contribution in [3.8, 4) is 0 Å². The summed E-state index contributed by atoms with van der Waals surface area (Å²) in [7, 11) is 0. The number of nitrogens with one attached hydrogen (secondary N) is 1. The Kier molecular flexibility index (Phi) is 5.85. The molecule has 90 valence electrons. The van der Waals surface area contributed by atoms with Gasteiger partial charge in [-0.15, -0.1) is 0 Å². The van der Waals surface area contributed by atoms with Crippen molar-refractivity contribution in [3.63, 3.8) is 0 Å². The second-order valence-corrected chi connectivity index (χ2v) is 4.99. The molecule has 1 aromatic carbocycles. The van der Waals surface area contributed by atoms with E-state index < -0.39 is 0 Å². The van der Waals surface area contributed by atoms with Crippen LogP contribution in [0.25, 0.3) is 0 Å². The van der Waals surface area contributed by atoms with Crippen LogP contribution in [0.5, 0.6) is 0 Å². The SMILES string of the molecule is CCC(CC)C(CN)Nc1cccc(Br)c1. The van der Waals surface area contributed by atoms with Gasteiger partial charge in [0, 0.05) is 22.7 Å². The molecule has 2 nitrogen and oxygen atoms in total. The summed E-state index contributed by atoms with van der Waals surface area (Å²) >= 11 is 3.47. The largest absolute Gasteiger partial charge is 0.381 e. The van der Waals surface area contributed by atoms with Crippen LogP contribution in [0.2, 0.25) is 0 Å². The summed E-state index contributed by atoms with van der Waals surface area (Å²) in [5, 5.41) is 3.52. The van der Waals surface area contributed by atoms with E-state index in [0.717, 1.165) is 10.2 Å². The van der Waals surface area contributed by atoms with Crippen molar-refractivity contribution < 1.29 is 0 Å². The Labute approximate surface area is 107 Å². The Morgan fingerprint density at radius 1 is 1.31 bits per heavy atom. The highest BCUT2D eigenvalue weighted by molar-refractivity contribution is 9.10. The molecule has 1 unspecified atom stereocenters. The summed E-state index contributed by atoms with van der Waals surface area (Å²) in [6.07, 6.45) is 2.33. The fourth-order valence-corrected chi connectivity index (χ4v) is 2.42. The molecular weight excluding hydrogens is 264 g/mol. The Morgan fingerprint density at radius 3 is 2.50 bits per heavy atom. The smallest absolute Gasteiger partial charge is 0.0411 e. The number of halogens is 1. The lowest BCUT2D eigenvalue weighted by molar-refractivity contribution is 0.422. The Hall–Kier alpha value is -0.540. The molecule has 0 fully saturated rings. The minimum atomic E-state index is 0.365. The molecule has 0 spiro atoms. The van der Waals surface area contributed by atoms with Crippen LogP contribution in [0.4, 0.5) is 5.69 Å². The Morgan fingerprint density at radius 2 is 2.00 bits per heavy atom. The molecule has 0 saturated carbocycles. The highest BCUT2D eigenvalue weighted by Gasteiger charge is 2.16. The third-order valence-corrected chi connectivity index (χ3v) is 3.54. The van der Waals surface area contributed by atoms with Gasteiger partial charge in [-0.2, -0.15) is 0 Å². The molecule has 0 aliphatic carbocycles. The highest BCUT2D eigenvalue weighted by atomic mass is 79.9. The van der Waals surface area contributed by atoms with Crippen LogP contribution in [-0.4, -0.2) is 12.6 Å². The van der Waals surface area contributed by atoms with E-state index in [4.69, 9.17) is 5.73 Å². The van der Waals surface area contributed by atoms with Crippen molar-refractivity contribution in [3.05, 3.63) is 28.7 Å². The normalized spacial score (nSPS) is 12.8. The van der Waals surface area contributed by atoms with Crippen molar-refractivity contribution in [2.24, 2.45) is 11.7 Å². The lowest BCUT2D eigenvalue weighted by Gasteiger charge is -2.26. The summed E-state index contributed by atoms with van der Waals surface area (Å²) in [4.78, 5) is 0. The van der Waals surface area contributed by atoms with Crippen molar-refractivity contribution in [2.75, 3.05) is 11.9 Å². The summed E-state index contributed by atoms with van der Waals surface area (Å²) in [6, 6.07) is 8.59. The Balaban J connectivity index is 2.69. The first-order valence-corrected chi connectivity index (χ1v) is 6.72. The van der Waals surface area contributed by atoms with Crippen LogP contribution in [0.15, 0.2) is 28.7 Å². The van der Waals surface area contributed by atoms with E-state index >= 15 is 0 Å². The number of hydrogen-bond donors (Lipinski definition) is 2. The maximum absolute atomic E-state index is 5.84. The van der Waals surface area contributed by atoms with Gasteiger partial charge < -0.3 is 11.1 Å². The summed E-state index contributed by atoms with van der Waals surface area (Å²) in [6.45, 7) is 5.12. The third-order valence-electron chi connectivity index (χ3n) is 3.05. The quantitative estimate of drug-likeness (QED) is 0.837. The molecule has 3 N–H and O–H groups in total. The van der Waals surface area contributed by atoms with Gasteiger partial charge in [-0.05, 0) is 24.1 Å². The van der Waals surface area contributed by atoms with Gasteiger partial charge >= 0.3 is 0 Å². The molecular formula is C13H21BrN2. The zero-order valence-corrected chi connectivity index (χ0v) is 11.6. The van der Waals surface area contributed by atoms with Crippen molar-refractivity contribution in [2.45, 2.75) is 32.7 Å². The van der Waals surface area contributed by atoms with Gasteiger partial charge in [-0.1, -0.05) is 48.7 Å². The van der Waals surface area contributed by atoms with E-state index in [1.807, 2.05) is 12.1 Å². The van der Waals surface area contributed by atoms with Gasteiger partial charge in [0.2, 0.25) is 0 Å². The van der Waals surface area contributed by atoms with E-state index in [1.54, 1.807) is 0 Å². The first kappa shape index (κ1) is 13.5. The number of hydrogen-bond acceptors (Lipinski definition) is 2. The summed E-state index contributed by atoms with van der Waals surface area (Å²) in [5.74, 6) is 0.643. The molecule has 1 atom stereocenters. The van der Waals surface area contributed by atoms with Gasteiger partial charge in [0.1, 0.15) is 0 Å². The average Bonchev–Trinajstić information content (AvgIpc) is 2.29. The molecule has 0 saturated heterocycles. The van der Waals surface area contributed by atoms with Crippen molar-refractivity contribution in [1.82, 2.24) is 0 Å². The molecule has 0 radical (unpaired) electrons. The van der Waals surface area contributed by atoms with Crippen LogP contribution in [0.3, 0.4) is 0 Å². The lowest BCUT2D eigenvalue weighted by Crippen LogP contribution is -2.35. The summed E-state index contributed by atoms with van der Waals surface area (Å²) < 4.78 is 1.10. The topological polar surface area (TPSA) is 38.0 Å². The van der Waals surface area contributed by atoms with Crippen LogP contribution in [-0.2, 0) is 0 Å². The number of benzene rings is 1. The van der Waals surface area contributed by atoms with Gasteiger partial charge in [0.15, 0.2) is 0 Å². The highest BCUT2D eigenvalue weighted by Crippen LogP contribution is 2.20. The van der Waals surface area contributed by atoms with E-state index in [1.165, 1.54) is 12.8 Å². The summed E-state index contributed by atoms with van der Waals surface area (Å²) in [5.41, 5.74) is 6.97. The molecule has 0 amide bonds. The molecule has 0 bridgehead atoms. The standard InChI is InChI=1S/C13H21BrN2/c1-3-10(4-2)13(9-15)16-12-7-5-6-11(14)8-12/h5-8,10,13,16H,3-4,9,15H2,1-2H3. The van der Waals surface area contributed by atoms with E-state index in [9.17, 15) is 0 Å². The van der Waals surface area contributed by atoms with E-state index in [0.29, 0.717) is 18.5 Å². The van der Waals surface area contributed by atoms with Crippen LogP contribution < -0.4 is 11.1 Å². The van der Waals surface area contributed by atoms with E-state index in [2.05, 4.69) is 47.2 Å². The van der Waals surface area contributed by atoms with Crippen LogP contribution >= 0.6 is 15.9 Å². The predicted octanol–water partition coefficient (Wildman–Crippen LogP) is 3.62. The molecule has 1 rings (SSSR count). The first-order valence-electron chi connectivity index (χ1n) is 5.93. The number of rotatable bonds is 6. The van der Waals surface area contributed by atoms with Gasteiger partial charge in [-0.25, -0.2) is 0 Å². The van der Waals surface area contributed by atoms with Gasteiger partial charge in [0.25, 0.3) is 0 Å².